The first-order valence-electron chi connectivity index (χ1n) is 4.05. The van der Waals surface area contributed by atoms with Gasteiger partial charge >= 0.3 is 5.97 Å². The number of rotatable bonds is 2. The number of hydrogen-bond donors (Lipinski definition) is 1. The molecule has 0 aliphatic rings. The largest absolute Gasteiger partial charge is 0.468 e. The number of benzene rings is 1. The standard InChI is InChI=1S/C10H13NO2/c1-7-3-5-8(6-4-7)9(11)10(12)13-2/h3-6,9H,11H2,1-2H3/t9-/m0/s1. The van der Waals surface area contributed by atoms with E-state index in [1.165, 1.54) is 7.11 Å². The summed E-state index contributed by atoms with van der Waals surface area (Å²) in [6, 6.07) is 6.81. The molecule has 1 aromatic rings. The first-order chi connectivity index (χ1) is 6.15. The van der Waals surface area contributed by atoms with E-state index in [4.69, 9.17) is 5.73 Å². The van der Waals surface area contributed by atoms with Crippen molar-refractivity contribution in [3.05, 3.63) is 35.4 Å². The Labute approximate surface area is 77.5 Å². The van der Waals surface area contributed by atoms with Crippen LogP contribution in [0.15, 0.2) is 24.3 Å². The Balaban J connectivity index is 2.83. The minimum absolute atomic E-state index is 0.413. The molecule has 0 aliphatic carbocycles. The molecule has 0 saturated carbocycles. The predicted octanol–water partition coefficient (Wildman–Crippen LogP) is 1.17. The highest BCUT2D eigenvalue weighted by molar-refractivity contribution is 5.77. The van der Waals surface area contributed by atoms with Gasteiger partial charge in [-0.3, -0.25) is 4.79 Å². The van der Waals surface area contributed by atoms with Gasteiger partial charge in [0.2, 0.25) is 0 Å². The zero-order valence-electron chi connectivity index (χ0n) is 7.78. The molecule has 70 valence electrons. The summed E-state index contributed by atoms with van der Waals surface area (Å²) >= 11 is 0. The highest BCUT2D eigenvalue weighted by Gasteiger charge is 2.15. The lowest BCUT2D eigenvalue weighted by atomic mass is 10.1. The molecule has 0 radical (unpaired) electrons. The number of methoxy groups -OCH3 is 1. The van der Waals surface area contributed by atoms with Crippen molar-refractivity contribution >= 4 is 5.97 Å². The van der Waals surface area contributed by atoms with Gasteiger partial charge in [0, 0.05) is 0 Å². The van der Waals surface area contributed by atoms with Crippen molar-refractivity contribution < 1.29 is 9.53 Å². The zero-order chi connectivity index (χ0) is 9.84. The van der Waals surface area contributed by atoms with E-state index in [0.717, 1.165) is 11.1 Å². The minimum Gasteiger partial charge on any atom is -0.468 e. The number of nitrogens with two attached hydrogens (primary N) is 1. The van der Waals surface area contributed by atoms with E-state index in [-0.39, 0.29) is 0 Å². The molecular formula is C10H13NO2. The summed E-state index contributed by atoms with van der Waals surface area (Å²) in [5.41, 5.74) is 7.54. The molecule has 0 fully saturated rings. The van der Waals surface area contributed by atoms with Crippen LogP contribution in [-0.2, 0) is 9.53 Å². The van der Waals surface area contributed by atoms with E-state index >= 15 is 0 Å². The lowest BCUT2D eigenvalue weighted by Gasteiger charge is -2.09. The van der Waals surface area contributed by atoms with Crippen molar-refractivity contribution in [3.8, 4) is 0 Å². The minimum atomic E-state index is -0.675. The van der Waals surface area contributed by atoms with Crippen LogP contribution in [0.2, 0.25) is 0 Å². The van der Waals surface area contributed by atoms with Crippen molar-refractivity contribution in [2.24, 2.45) is 5.73 Å². The number of carbonyl (C=O) groups excluding carboxylic acids is 1. The SMILES string of the molecule is COC(=O)[C@@H](N)c1ccc(C)cc1. The number of esters is 1. The van der Waals surface area contributed by atoms with E-state index in [9.17, 15) is 4.79 Å². The molecule has 1 aromatic carbocycles. The van der Waals surface area contributed by atoms with Crippen LogP contribution >= 0.6 is 0 Å². The normalized spacial score (nSPS) is 12.2. The van der Waals surface area contributed by atoms with Gasteiger partial charge in [-0.05, 0) is 12.5 Å². The molecule has 3 heteroatoms. The molecule has 13 heavy (non-hydrogen) atoms. The summed E-state index contributed by atoms with van der Waals surface area (Å²) in [6.45, 7) is 1.98. The van der Waals surface area contributed by atoms with Gasteiger partial charge in [0.15, 0.2) is 0 Å². The molecule has 0 aromatic heterocycles. The van der Waals surface area contributed by atoms with Gasteiger partial charge in [-0.1, -0.05) is 29.8 Å². The maximum Gasteiger partial charge on any atom is 0.327 e. The van der Waals surface area contributed by atoms with Crippen molar-refractivity contribution in [1.82, 2.24) is 0 Å². The molecule has 1 rings (SSSR count). The molecule has 0 spiro atoms. The molecule has 0 amide bonds. The fourth-order valence-electron chi connectivity index (χ4n) is 1.04. The molecule has 0 heterocycles. The van der Waals surface area contributed by atoms with Crippen LogP contribution in [0, 0.1) is 6.92 Å². The lowest BCUT2D eigenvalue weighted by molar-refractivity contribution is -0.142. The van der Waals surface area contributed by atoms with Crippen LogP contribution in [-0.4, -0.2) is 13.1 Å². The summed E-state index contributed by atoms with van der Waals surface area (Å²) in [7, 11) is 1.33. The number of carbonyl (C=O) groups is 1. The summed E-state index contributed by atoms with van der Waals surface area (Å²) in [6.07, 6.45) is 0. The first-order valence-corrected chi connectivity index (χ1v) is 4.05. The summed E-state index contributed by atoms with van der Waals surface area (Å²) in [5.74, 6) is -0.413. The average Bonchev–Trinajstić information content (AvgIpc) is 2.17. The Morgan fingerprint density at radius 2 is 1.92 bits per heavy atom. The first kappa shape index (κ1) is 9.74. The molecule has 3 nitrogen and oxygen atoms in total. The summed E-state index contributed by atoms with van der Waals surface area (Å²) in [4.78, 5) is 11.0. The maximum atomic E-state index is 11.0. The van der Waals surface area contributed by atoms with Crippen LogP contribution in [0.1, 0.15) is 17.2 Å². The average molecular weight is 179 g/mol. The van der Waals surface area contributed by atoms with E-state index < -0.39 is 12.0 Å². The fourth-order valence-corrected chi connectivity index (χ4v) is 1.04. The van der Waals surface area contributed by atoms with Gasteiger partial charge in [-0.15, -0.1) is 0 Å². The fraction of sp³-hybridized carbons (Fsp3) is 0.300. The molecule has 2 N–H and O–H groups in total. The molecular weight excluding hydrogens is 166 g/mol. The molecule has 0 saturated heterocycles. The van der Waals surface area contributed by atoms with Crippen molar-refractivity contribution in [2.75, 3.05) is 7.11 Å². The molecule has 0 bridgehead atoms. The monoisotopic (exact) mass is 179 g/mol. The lowest BCUT2D eigenvalue weighted by Crippen LogP contribution is -2.22. The quantitative estimate of drug-likeness (QED) is 0.693. The third-order valence-corrected chi connectivity index (χ3v) is 1.89. The third kappa shape index (κ3) is 2.29. The Kier molecular flexibility index (Phi) is 3.03. The summed E-state index contributed by atoms with van der Waals surface area (Å²) in [5, 5.41) is 0. The van der Waals surface area contributed by atoms with Crippen LogP contribution in [0.5, 0.6) is 0 Å². The van der Waals surface area contributed by atoms with Crippen LogP contribution in [0.4, 0.5) is 0 Å². The van der Waals surface area contributed by atoms with Crippen LogP contribution in [0.3, 0.4) is 0 Å². The van der Waals surface area contributed by atoms with Crippen molar-refractivity contribution in [1.29, 1.82) is 0 Å². The van der Waals surface area contributed by atoms with Gasteiger partial charge < -0.3 is 10.5 Å². The Morgan fingerprint density at radius 3 is 2.38 bits per heavy atom. The van der Waals surface area contributed by atoms with Gasteiger partial charge in [0.1, 0.15) is 6.04 Å². The number of ether oxygens (including phenoxy) is 1. The van der Waals surface area contributed by atoms with Crippen LogP contribution in [0.25, 0.3) is 0 Å². The Hall–Kier alpha value is -1.35. The Morgan fingerprint density at radius 1 is 1.38 bits per heavy atom. The molecule has 0 unspecified atom stereocenters. The predicted molar refractivity (Wildman–Crippen MR) is 50.1 cm³/mol. The second-order valence-corrected chi connectivity index (χ2v) is 2.91. The summed E-state index contributed by atoms with van der Waals surface area (Å²) < 4.78 is 4.53. The van der Waals surface area contributed by atoms with E-state index in [1.807, 2.05) is 31.2 Å². The third-order valence-electron chi connectivity index (χ3n) is 1.89. The number of hydrogen-bond acceptors (Lipinski definition) is 3. The van der Waals surface area contributed by atoms with E-state index in [0.29, 0.717) is 0 Å². The number of aryl methyl sites for hydroxylation is 1. The topological polar surface area (TPSA) is 52.3 Å². The van der Waals surface area contributed by atoms with Crippen molar-refractivity contribution in [3.63, 3.8) is 0 Å². The maximum absolute atomic E-state index is 11.0. The smallest absolute Gasteiger partial charge is 0.327 e. The second kappa shape index (κ2) is 4.05. The van der Waals surface area contributed by atoms with E-state index in [1.54, 1.807) is 0 Å². The Bertz CT molecular complexity index is 292. The molecule has 0 aliphatic heterocycles. The zero-order valence-corrected chi connectivity index (χ0v) is 7.78. The second-order valence-electron chi connectivity index (χ2n) is 2.91. The van der Waals surface area contributed by atoms with E-state index in [2.05, 4.69) is 4.74 Å². The molecule has 1 atom stereocenters. The van der Waals surface area contributed by atoms with Gasteiger partial charge in [-0.2, -0.15) is 0 Å². The highest BCUT2D eigenvalue weighted by atomic mass is 16.5. The van der Waals surface area contributed by atoms with Gasteiger partial charge in [0.05, 0.1) is 7.11 Å². The highest BCUT2D eigenvalue weighted by Crippen LogP contribution is 2.12. The van der Waals surface area contributed by atoms with Gasteiger partial charge in [-0.25, -0.2) is 0 Å². The van der Waals surface area contributed by atoms with Crippen molar-refractivity contribution in [2.45, 2.75) is 13.0 Å². The van der Waals surface area contributed by atoms with Crippen LogP contribution < -0.4 is 5.73 Å². The van der Waals surface area contributed by atoms with Gasteiger partial charge in [0.25, 0.3) is 0 Å².